The van der Waals surface area contributed by atoms with Crippen molar-refractivity contribution in [3.8, 4) is 0 Å². The molecule has 1 fully saturated rings. The van der Waals surface area contributed by atoms with Crippen molar-refractivity contribution in [1.29, 1.82) is 0 Å². The molecule has 1 heterocycles. The van der Waals surface area contributed by atoms with Crippen LogP contribution in [0.5, 0.6) is 0 Å². The van der Waals surface area contributed by atoms with Crippen molar-refractivity contribution in [3.05, 3.63) is 23.7 Å². The van der Waals surface area contributed by atoms with Gasteiger partial charge in [-0.2, -0.15) is 0 Å². The van der Waals surface area contributed by atoms with Gasteiger partial charge in [0.1, 0.15) is 5.76 Å². The summed E-state index contributed by atoms with van der Waals surface area (Å²) in [5.74, 6) is -0.792. The van der Waals surface area contributed by atoms with E-state index in [1.807, 2.05) is 0 Å². The Bertz CT molecular complexity index is 463. The Kier molecular flexibility index (Phi) is 4.09. The summed E-state index contributed by atoms with van der Waals surface area (Å²) in [6, 6.07) is 3.09. The third-order valence-electron chi connectivity index (χ3n) is 3.48. The highest BCUT2D eigenvalue weighted by Gasteiger charge is 2.23. The Hall–Kier alpha value is -1.98. The second kappa shape index (κ2) is 5.77. The first-order chi connectivity index (χ1) is 9.08. The molecule has 1 aliphatic rings. The van der Waals surface area contributed by atoms with E-state index >= 15 is 0 Å². The standard InChI is InChI=1S/C13H18N2O4/c1-15(9-4-2-3-5-9)13(18)14-8-10-6-7-11(19-10)12(16)17/h6-7,9H,2-5,8H2,1H3,(H,14,18)(H,16,17). The largest absolute Gasteiger partial charge is 0.475 e. The van der Waals surface area contributed by atoms with Gasteiger partial charge in [0, 0.05) is 13.1 Å². The van der Waals surface area contributed by atoms with Crippen LogP contribution in [0.15, 0.2) is 16.5 Å². The van der Waals surface area contributed by atoms with Crippen LogP contribution < -0.4 is 5.32 Å². The molecule has 19 heavy (non-hydrogen) atoms. The number of carbonyl (C=O) groups excluding carboxylic acids is 1. The van der Waals surface area contributed by atoms with Gasteiger partial charge in [-0.1, -0.05) is 12.8 Å². The van der Waals surface area contributed by atoms with E-state index in [1.165, 1.54) is 18.9 Å². The first kappa shape index (κ1) is 13.5. The number of nitrogens with zero attached hydrogens (tertiary/aromatic N) is 1. The van der Waals surface area contributed by atoms with Crippen molar-refractivity contribution in [2.24, 2.45) is 0 Å². The van der Waals surface area contributed by atoms with Gasteiger partial charge in [0.2, 0.25) is 5.76 Å². The molecule has 6 nitrogen and oxygen atoms in total. The van der Waals surface area contributed by atoms with Crippen LogP contribution in [0.3, 0.4) is 0 Å². The van der Waals surface area contributed by atoms with Crippen LogP contribution >= 0.6 is 0 Å². The fourth-order valence-electron chi connectivity index (χ4n) is 2.33. The topological polar surface area (TPSA) is 82.8 Å². The second-order valence-corrected chi connectivity index (χ2v) is 4.78. The summed E-state index contributed by atoms with van der Waals surface area (Å²) in [6.45, 7) is 0.198. The fraction of sp³-hybridized carbons (Fsp3) is 0.538. The third kappa shape index (κ3) is 3.27. The molecule has 0 radical (unpaired) electrons. The third-order valence-corrected chi connectivity index (χ3v) is 3.48. The van der Waals surface area contributed by atoms with Gasteiger partial charge in [-0.15, -0.1) is 0 Å². The lowest BCUT2D eigenvalue weighted by Crippen LogP contribution is -2.42. The summed E-state index contributed by atoms with van der Waals surface area (Å²) in [5.41, 5.74) is 0. The Morgan fingerprint density at radius 3 is 2.68 bits per heavy atom. The minimum atomic E-state index is -1.11. The molecule has 1 saturated carbocycles. The number of aromatic carboxylic acids is 1. The van der Waals surface area contributed by atoms with Crippen LogP contribution in [0.4, 0.5) is 4.79 Å². The monoisotopic (exact) mass is 266 g/mol. The van der Waals surface area contributed by atoms with Crippen LogP contribution in [0.25, 0.3) is 0 Å². The van der Waals surface area contributed by atoms with Crippen LogP contribution in [0, 0.1) is 0 Å². The van der Waals surface area contributed by atoms with Gasteiger partial charge < -0.3 is 19.7 Å². The van der Waals surface area contributed by atoms with E-state index in [9.17, 15) is 9.59 Å². The van der Waals surface area contributed by atoms with Crippen molar-refractivity contribution >= 4 is 12.0 Å². The summed E-state index contributed by atoms with van der Waals surface area (Å²) < 4.78 is 5.07. The van der Waals surface area contributed by atoms with E-state index in [0.717, 1.165) is 12.8 Å². The normalized spacial score (nSPS) is 15.4. The summed E-state index contributed by atoms with van der Waals surface area (Å²) in [7, 11) is 1.79. The maximum Gasteiger partial charge on any atom is 0.371 e. The Morgan fingerprint density at radius 2 is 2.11 bits per heavy atom. The van der Waals surface area contributed by atoms with Gasteiger partial charge in [-0.05, 0) is 25.0 Å². The molecule has 0 saturated heterocycles. The average Bonchev–Trinajstić information content (AvgIpc) is 3.05. The number of amides is 2. The molecule has 0 aromatic carbocycles. The zero-order valence-corrected chi connectivity index (χ0v) is 10.9. The van der Waals surface area contributed by atoms with Gasteiger partial charge in [-0.3, -0.25) is 0 Å². The molecule has 1 aromatic heterocycles. The van der Waals surface area contributed by atoms with E-state index in [-0.39, 0.29) is 18.3 Å². The quantitative estimate of drug-likeness (QED) is 0.873. The average molecular weight is 266 g/mol. The number of carboxylic acid groups (broad SMARTS) is 1. The van der Waals surface area contributed by atoms with Crippen LogP contribution in [-0.2, 0) is 6.54 Å². The first-order valence-corrected chi connectivity index (χ1v) is 6.40. The molecule has 1 aromatic rings. The zero-order chi connectivity index (χ0) is 13.8. The van der Waals surface area contributed by atoms with Gasteiger partial charge in [0.05, 0.1) is 6.54 Å². The minimum Gasteiger partial charge on any atom is -0.475 e. The molecule has 6 heteroatoms. The zero-order valence-electron chi connectivity index (χ0n) is 10.9. The van der Waals surface area contributed by atoms with Crippen LogP contribution in [-0.4, -0.2) is 35.1 Å². The molecule has 0 aliphatic heterocycles. The van der Waals surface area contributed by atoms with Crippen molar-refractivity contribution in [2.75, 3.05) is 7.05 Å². The lowest BCUT2D eigenvalue weighted by Gasteiger charge is -2.24. The number of rotatable bonds is 4. The maximum atomic E-state index is 11.9. The minimum absolute atomic E-state index is 0.117. The molecule has 0 unspecified atom stereocenters. The van der Waals surface area contributed by atoms with Crippen molar-refractivity contribution in [3.63, 3.8) is 0 Å². The summed E-state index contributed by atoms with van der Waals surface area (Å²) in [5, 5.41) is 11.4. The van der Waals surface area contributed by atoms with E-state index in [0.29, 0.717) is 11.8 Å². The lowest BCUT2D eigenvalue weighted by molar-refractivity contribution is 0.0660. The molecule has 104 valence electrons. The molecule has 0 spiro atoms. The van der Waals surface area contributed by atoms with Crippen molar-refractivity contribution < 1.29 is 19.1 Å². The Balaban J connectivity index is 1.83. The Labute approximate surface area is 111 Å². The van der Waals surface area contributed by atoms with Gasteiger partial charge >= 0.3 is 12.0 Å². The van der Waals surface area contributed by atoms with E-state index in [4.69, 9.17) is 9.52 Å². The molecule has 2 amide bonds. The molecule has 1 aliphatic carbocycles. The fourth-order valence-corrected chi connectivity index (χ4v) is 2.33. The van der Waals surface area contributed by atoms with E-state index in [1.54, 1.807) is 18.0 Å². The molecule has 2 N–H and O–H groups in total. The van der Waals surface area contributed by atoms with E-state index < -0.39 is 5.97 Å². The van der Waals surface area contributed by atoms with Crippen LogP contribution in [0.1, 0.15) is 42.0 Å². The summed E-state index contributed by atoms with van der Waals surface area (Å²) in [6.07, 6.45) is 4.44. The lowest BCUT2D eigenvalue weighted by atomic mass is 10.2. The van der Waals surface area contributed by atoms with Crippen molar-refractivity contribution in [2.45, 2.75) is 38.3 Å². The molecular formula is C13H18N2O4. The number of hydrogen-bond acceptors (Lipinski definition) is 3. The number of hydrogen-bond donors (Lipinski definition) is 2. The number of carboxylic acids is 1. The number of carbonyl (C=O) groups is 2. The highest BCUT2D eigenvalue weighted by atomic mass is 16.4. The Morgan fingerprint density at radius 1 is 1.42 bits per heavy atom. The number of furan rings is 1. The molecular weight excluding hydrogens is 248 g/mol. The predicted octanol–water partition coefficient (Wildman–Crippen LogP) is 2.06. The number of urea groups is 1. The molecule has 0 atom stereocenters. The summed E-state index contributed by atoms with van der Waals surface area (Å²) >= 11 is 0. The number of nitrogens with one attached hydrogen (secondary N) is 1. The summed E-state index contributed by atoms with van der Waals surface area (Å²) in [4.78, 5) is 24.3. The molecule has 0 bridgehead atoms. The van der Waals surface area contributed by atoms with Crippen molar-refractivity contribution in [1.82, 2.24) is 10.2 Å². The second-order valence-electron chi connectivity index (χ2n) is 4.78. The van der Waals surface area contributed by atoms with Gasteiger partial charge in [0.15, 0.2) is 0 Å². The van der Waals surface area contributed by atoms with Crippen LogP contribution in [0.2, 0.25) is 0 Å². The van der Waals surface area contributed by atoms with Gasteiger partial charge in [-0.25, -0.2) is 9.59 Å². The van der Waals surface area contributed by atoms with E-state index in [2.05, 4.69) is 5.32 Å². The SMILES string of the molecule is CN(C(=O)NCc1ccc(C(=O)O)o1)C1CCCC1. The first-order valence-electron chi connectivity index (χ1n) is 6.40. The predicted molar refractivity (Wildman–Crippen MR) is 67.9 cm³/mol. The smallest absolute Gasteiger partial charge is 0.371 e. The maximum absolute atomic E-state index is 11.9. The highest BCUT2D eigenvalue weighted by molar-refractivity contribution is 5.84. The molecule has 2 rings (SSSR count). The van der Waals surface area contributed by atoms with Gasteiger partial charge in [0.25, 0.3) is 0 Å². The highest BCUT2D eigenvalue weighted by Crippen LogP contribution is 2.22.